The lowest BCUT2D eigenvalue weighted by Crippen LogP contribution is -2.31. The molecule has 0 bridgehead atoms. The maximum absolute atomic E-state index is 13.0. The molecule has 1 heterocycles. The second-order valence-electron chi connectivity index (χ2n) is 9.16. The summed E-state index contributed by atoms with van der Waals surface area (Å²) in [6, 6.07) is 21.5. The van der Waals surface area contributed by atoms with E-state index in [1.54, 1.807) is 48.5 Å². The first-order valence-electron chi connectivity index (χ1n) is 11.7. The number of amides is 3. The molecule has 6 nitrogen and oxygen atoms in total. The van der Waals surface area contributed by atoms with Gasteiger partial charge in [-0.15, -0.1) is 0 Å². The van der Waals surface area contributed by atoms with Gasteiger partial charge in [0.05, 0.1) is 17.5 Å². The Kier molecular flexibility index (Phi) is 5.95. The van der Waals surface area contributed by atoms with Crippen molar-refractivity contribution in [2.24, 2.45) is 11.8 Å². The Balaban J connectivity index is 1.28. The quantitative estimate of drug-likeness (QED) is 0.376. The van der Waals surface area contributed by atoms with Gasteiger partial charge in [0.2, 0.25) is 11.8 Å². The molecule has 6 heteroatoms. The van der Waals surface area contributed by atoms with Crippen LogP contribution >= 0.6 is 0 Å². The minimum atomic E-state index is -0.326. The highest BCUT2D eigenvalue weighted by Crippen LogP contribution is 2.39. The molecule has 1 fully saturated rings. The Morgan fingerprint density at radius 3 is 2.40 bits per heavy atom. The van der Waals surface area contributed by atoms with Crippen molar-refractivity contribution < 1.29 is 19.1 Å². The van der Waals surface area contributed by atoms with Crippen molar-refractivity contribution in [3.63, 3.8) is 0 Å². The molecule has 35 heavy (non-hydrogen) atoms. The summed E-state index contributed by atoms with van der Waals surface area (Å²) in [6.07, 6.45) is 3.23. The summed E-state index contributed by atoms with van der Waals surface area (Å²) >= 11 is 0. The van der Waals surface area contributed by atoms with Crippen LogP contribution in [-0.2, 0) is 9.59 Å². The predicted octanol–water partition coefficient (Wildman–Crippen LogP) is 5.89. The van der Waals surface area contributed by atoms with Gasteiger partial charge in [-0.1, -0.05) is 29.8 Å². The third kappa shape index (κ3) is 4.60. The maximum atomic E-state index is 13.0. The van der Waals surface area contributed by atoms with Crippen LogP contribution in [0.15, 0.2) is 84.4 Å². The molecule has 176 valence electrons. The van der Waals surface area contributed by atoms with Gasteiger partial charge in [-0.25, -0.2) is 0 Å². The van der Waals surface area contributed by atoms with Crippen LogP contribution in [0.1, 0.15) is 35.7 Å². The van der Waals surface area contributed by atoms with E-state index >= 15 is 0 Å². The predicted molar refractivity (Wildman–Crippen MR) is 135 cm³/mol. The lowest BCUT2D eigenvalue weighted by Gasteiger charge is -2.18. The highest BCUT2D eigenvalue weighted by molar-refractivity contribution is 6.22. The molecule has 5 rings (SSSR count). The number of carbonyl (C=O) groups excluding carboxylic acids is 3. The number of nitrogens with zero attached hydrogens (tertiary/aromatic N) is 1. The van der Waals surface area contributed by atoms with Gasteiger partial charge in [-0.05, 0) is 86.8 Å². The summed E-state index contributed by atoms with van der Waals surface area (Å²) in [5.74, 6) is 0.0749. The number of hydrogen-bond donors (Lipinski definition) is 1. The summed E-state index contributed by atoms with van der Waals surface area (Å²) in [6.45, 7) is 3.99. The third-order valence-electron chi connectivity index (χ3n) is 6.53. The molecule has 3 aromatic carbocycles. The SMILES string of the molecule is CC1=CC[C@H]2C(=O)N(c3cccc(C(=O)Nc4ccc(Oc5cccc(C)c5)cc4)c3)C(=O)[C@H]2C1. The van der Waals surface area contributed by atoms with Crippen molar-refractivity contribution in [2.45, 2.75) is 26.7 Å². The molecule has 1 saturated heterocycles. The van der Waals surface area contributed by atoms with Gasteiger partial charge in [0.15, 0.2) is 0 Å². The lowest BCUT2D eigenvalue weighted by molar-refractivity contribution is -0.122. The van der Waals surface area contributed by atoms with Crippen LogP contribution < -0.4 is 15.0 Å². The van der Waals surface area contributed by atoms with Crippen molar-refractivity contribution in [1.29, 1.82) is 0 Å². The fourth-order valence-electron chi connectivity index (χ4n) is 4.70. The molecule has 2 atom stereocenters. The first-order chi connectivity index (χ1) is 16.9. The molecule has 1 aliphatic carbocycles. The van der Waals surface area contributed by atoms with Gasteiger partial charge in [-0.3, -0.25) is 19.3 Å². The topological polar surface area (TPSA) is 75.7 Å². The van der Waals surface area contributed by atoms with E-state index in [2.05, 4.69) is 5.32 Å². The van der Waals surface area contributed by atoms with E-state index in [0.717, 1.165) is 16.9 Å². The molecule has 3 amide bonds. The van der Waals surface area contributed by atoms with Gasteiger partial charge in [0.25, 0.3) is 5.91 Å². The van der Waals surface area contributed by atoms with Crippen molar-refractivity contribution in [3.8, 4) is 11.5 Å². The Hall–Kier alpha value is -4.19. The second kappa shape index (κ2) is 9.22. The molecule has 1 aliphatic heterocycles. The van der Waals surface area contributed by atoms with Crippen LogP contribution in [0.2, 0.25) is 0 Å². The number of carbonyl (C=O) groups is 3. The molecule has 0 saturated carbocycles. The molecule has 2 aliphatic rings. The number of anilines is 2. The number of benzene rings is 3. The van der Waals surface area contributed by atoms with Crippen LogP contribution in [0.3, 0.4) is 0 Å². The number of ether oxygens (including phenoxy) is 1. The van der Waals surface area contributed by atoms with Crippen molar-refractivity contribution in [2.75, 3.05) is 10.2 Å². The first-order valence-corrected chi connectivity index (χ1v) is 11.7. The normalized spacial score (nSPS) is 19.3. The average Bonchev–Trinajstić information content (AvgIpc) is 3.09. The van der Waals surface area contributed by atoms with E-state index in [1.807, 2.05) is 44.2 Å². The van der Waals surface area contributed by atoms with Gasteiger partial charge in [-0.2, -0.15) is 0 Å². The number of nitrogens with one attached hydrogen (secondary N) is 1. The standard InChI is InChI=1S/C29H26N2O4/c1-18-5-3-8-24(15-18)35-23-12-10-21(11-13-23)30-27(32)20-6-4-7-22(17-20)31-28(33)25-14-9-19(2)16-26(25)29(31)34/h3-13,15,17,25-26H,14,16H2,1-2H3,(H,30,32)/t25-,26+/m1/s1. The molecule has 1 N–H and O–H groups in total. The van der Waals surface area contributed by atoms with Crippen molar-refractivity contribution in [1.82, 2.24) is 0 Å². The van der Waals surface area contributed by atoms with E-state index in [1.165, 1.54) is 4.90 Å². The fourth-order valence-corrected chi connectivity index (χ4v) is 4.70. The van der Waals surface area contributed by atoms with Crippen LogP contribution in [0, 0.1) is 18.8 Å². The van der Waals surface area contributed by atoms with Gasteiger partial charge in [0, 0.05) is 11.3 Å². The molecular formula is C29H26N2O4. The fraction of sp³-hybridized carbons (Fsp3) is 0.207. The highest BCUT2D eigenvalue weighted by atomic mass is 16.5. The zero-order chi connectivity index (χ0) is 24.5. The second-order valence-corrected chi connectivity index (χ2v) is 9.16. The highest BCUT2D eigenvalue weighted by Gasteiger charge is 2.48. The first kappa shape index (κ1) is 22.6. The molecule has 3 aromatic rings. The number of allylic oxidation sites excluding steroid dienone is 2. The summed E-state index contributed by atoms with van der Waals surface area (Å²) in [4.78, 5) is 40.1. The molecule has 0 aromatic heterocycles. The number of imide groups is 1. The van der Waals surface area contributed by atoms with Crippen LogP contribution in [0.4, 0.5) is 11.4 Å². The van der Waals surface area contributed by atoms with E-state index in [0.29, 0.717) is 35.5 Å². The third-order valence-corrected chi connectivity index (χ3v) is 6.53. The molecule has 0 radical (unpaired) electrons. The summed E-state index contributed by atoms with van der Waals surface area (Å²) < 4.78 is 5.86. The largest absolute Gasteiger partial charge is 0.457 e. The van der Waals surface area contributed by atoms with E-state index < -0.39 is 0 Å². The molecule has 0 unspecified atom stereocenters. The monoisotopic (exact) mass is 466 g/mol. The summed E-state index contributed by atoms with van der Waals surface area (Å²) in [5.41, 5.74) is 3.65. The van der Waals surface area contributed by atoms with E-state index in [9.17, 15) is 14.4 Å². The molecular weight excluding hydrogens is 440 g/mol. The molecule has 0 spiro atoms. The number of aryl methyl sites for hydroxylation is 1. The Bertz CT molecular complexity index is 1340. The Labute approximate surface area is 204 Å². The lowest BCUT2D eigenvalue weighted by atomic mass is 9.82. The minimum absolute atomic E-state index is 0.186. The van der Waals surface area contributed by atoms with Gasteiger partial charge in [0.1, 0.15) is 11.5 Å². The number of fused-ring (bicyclic) bond motifs is 1. The zero-order valence-corrected chi connectivity index (χ0v) is 19.7. The number of rotatable bonds is 5. The van der Waals surface area contributed by atoms with E-state index in [4.69, 9.17) is 4.74 Å². The average molecular weight is 467 g/mol. The minimum Gasteiger partial charge on any atom is -0.457 e. The smallest absolute Gasteiger partial charge is 0.255 e. The van der Waals surface area contributed by atoms with Crippen LogP contribution in [0.5, 0.6) is 11.5 Å². The van der Waals surface area contributed by atoms with Crippen LogP contribution in [0.25, 0.3) is 0 Å². The maximum Gasteiger partial charge on any atom is 0.255 e. The Morgan fingerprint density at radius 2 is 1.63 bits per heavy atom. The van der Waals surface area contributed by atoms with Gasteiger partial charge < -0.3 is 10.1 Å². The number of hydrogen-bond acceptors (Lipinski definition) is 4. The van der Waals surface area contributed by atoms with Gasteiger partial charge >= 0.3 is 0 Å². The van der Waals surface area contributed by atoms with Crippen LogP contribution in [-0.4, -0.2) is 17.7 Å². The zero-order valence-electron chi connectivity index (χ0n) is 19.7. The summed E-state index contributed by atoms with van der Waals surface area (Å²) in [7, 11) is 0. The van der Waals surface area contributed by atoms with E-state index in [-0.39, 0.29) is 29.6 Å². The summed E-state index contributed by atoms with van der Waals surface area (Å²) in [5, 5.41) is 2.86. The van der Waals surface area contributed by atoms with Crippen molar-refractivity contribution in [3.05, 3.63) is 95.6 Å². The van der Waals surface area contributed by atoms with Crippen molar-refractivity contribution >= 4 is 29.1 Å². The Morgan fingerprint density at radius 1 is 0.886 bits per heavy atom.